The molecule has 2 heterocycles. The average Bonchev–Trinajstić information content (AvgIpc) is 2.99. The van der Waals surface area contributed by atoms with Crippen LogP contribution in [0.15, 0.2) is 29.9 Å². The van der Waals surface area contributed by atoms with Crippen molar-refractivity contribution < 1.29 is 4.74 Å². The standard InChI is InChI=1S/C13H19N3OS/c1-10(9-17-3)16-7-6-14-13(16)15-11(2)12-5-4-8-18-12/h4-8,10-11H,9H2,1-3H3,(H,14,15). The van der Waals surface area contributed by atoms with Crippen molar-refractivity contribution in [2.45, 2.75) is 25.9 Å². The van der Waals surface area contributed by atoms with Crippen LogP contribution in [0, 0.1) is 0 Å². The molecule has 2 atom stereocenters. The lowest BCUT2D eigenvalue weighted by atomic mass is 10.3. The number of methoxy groups -OCH3 is 1. The van der Waals surface area contributed by atoms with Crippen LogP contribution < -0.4 is 5.32 Å². The highest BCUT2D eigenvalue weighted by Gasteiger charge is 2.13. The summed E-state index contributed by atoms with van der Waals surface area (Å²) >= 11 is 1.75. The molecule has 0 aromatic carbocycles. The zero-order valence-electron chi connectivity index (χ0n) is 11.0. The van der Waals surface area contributed by atoms with E-state index in [0.717, 1.165) is 5.95 Å². The van der Waals surface area contributed by atoms with E-state index in [1.54, 1.807) is 18.4 Å². The Hall–Kier alpha value is -1.33. The summed E-state index contributed by atoms with van der Waals surface area (Å²) in [7, 11) is 1.72. The van der Waals surface area contributed by atoms with Gasteiger partial charge in [0.05, 0.1) is 18.7 Å². The van der Waals surface area contributed by atoms with Gasteiger partial charge in [-0.2, -0.15) is 0 Å². The summed E-state index contributed by atoms with van der Waals surface area (Å²) in [5.74, 6) is 0.889. The Morgan fingerprint density at radius 2 is 2.33 bits per heavy atom. The zero-order valence-corrected chi connectivity index (χ0v) is 11.8. The van der Waals surface area contributed by atoms with E-state index in [9.17, 15) is 0 Å². The number of anilines is 1. The predicted octanol–water partition coefficient (Wildman–Crippen LogP) is 3.33. The smallest absolute Gasteiger partial charge is 0.203 e. The minimum Gasteiger partial charge on any atom is -0.383 e. The summed E-state index contributed by atoms with van der Waals surface area (Å²) < 4.78 is 7.29. The van der Waals surface area contributed by atoms with Crippen molar-refractivity contribution in [1.82, 2.24) is 9.55 Å². The van der Waals surface area contributed by atoms with Gasteiger partial charge in [0.25, 0.3) is 0 Å². The van der Waals surface area contributed by atoms with Crippen molar-refractivity contribution in [3.05, 3.63) is 34.8 Å². The maximum absolute atomic E-state index is 5.19. The van der Waals surface area contributed by atoms with Crippen LogP contribution in [-0.2, 0) is 4.74 Å². The van der Waals surface area contributed by atoms with Gasteiger partial charge in [-0.05, 0) is 25.3 Å². The second-order valence-electron chi connectivity index (χ2n) is 4.34. The Morgan fingerprint density at radius 3 is 3.00 bits per heavy atom. The number of ether oxygens (including phenoxy) is 1. The van der Waals surface area contributed by atoms with Crippen LogP contribution in [-0.4, -0.2) is 23.3 Å². The number of imidazole rings is 1. The molecule has 0 saturated heterocycles. The lowest BCUT2D eigenvalue weighted by Gasteiger charge is -2.18. The van der Waals surface area contributed by atoms with Gasteiger partial charge in [-0.25, -0.2) is 4.98 Å². The Bertz CT molecular complexity index is 466. The van der Waals surface area contributed by atoms with Gasteiger partial charge in [-0.1, -0.05) is 6.07 Å². The summed E-state index contributed by atoms with van der Waals surface area (Å²) in [6.45, 7) is 4.94. The normalized spacial score (nSPS) is 14.4. The van der Waals surface area contributed by atoms with E-state index in [0.29, 0.717) is 6.61 Å². The van der Waals surface area contributed by atoms with Crippen LogP contribution in [0.4, 0.5) is 5.95 Å². The highest BCUT2D eigenvalue weighted by molar-refractivity contribution is 7.10. The van der Waals surface area contributed by atoms with Gasteiger partial charge in [-0.3, -0.25) is 0 Å². The minimum absolute atomic E-state index is 0.265. The first-order valence-electron chi connectivity index (χ1n) is 6.04. The molecule has 2 aromatic heterocycles. The number of nitrogens with zero attached hydrogens (tertiary/aromatic N) is 2. The highest BCUT2D eigenvalue weighted by Crippen LogP contribution is 2.23. The molecule has 98 valence electrons. The van der Waals surface area contributed by atoms with Crippen molar-refractivity contribution >= 4 is 17.3 Å². The fourth-order valence-corrected chi connectivity index (χ4v) is 2.64. The van der Waals surface area contributed by atoms with Gasteiger partial charge < -0.3 is 14.6 Å². The number of hydrogen-bond acceptors (Lipinski definition) is 4. The summed E-state index contributed by atoms with van der Waals surface area (Å²) in [5.41, 5.74) is 0. The third kappa shape index (κ3) is 2.91. The number of aromatic nitrogens is 2. The van der Waals surface area contributed by atoms with Crippen LogP contribution in [0.3, 0.4) is 0 Å². The molecule has 0 bridgehead atoms. The molecule has 0 spiro atoms. The van der Waals surface area contributed by atoms with Crippen molar-refractivity contribution in [2.24, 2.45) is 0 Å². The minimum atomic E-state index is 0.265. The molecule has 2 rings (SSSR count). The van der Waals surface area contributed by atoms with Gasteiger partial charge >= 0.3 is 0 Å². The van der Waals surface area contributed by atoms with Crippen molar-refractivity contribution in [2.75, 3.05) is 19.0 Å². The van der Waals surface area contributed by atoms with Gasteiger partial charge in [0, 0.05) is 24.4 Å². The van der Waals surface area contributed by atoms with Gasteiger partial charge in [0.1, 0.15) is 0 Å². The number of thiophene rings is 1. The molecule has 2 aromatic rings. The molecule has 18 heavy (non-hydrogen) atoms. The van der Waals surface area contributed by atoms with Crippen molar-refractivity contribution in [3.8, 4) is 0 Å². The molecule has 5 heteroatoms. The molecule has 0 aliphatic heterocycles. The Morgan fingerprint density at radius 1 is 1.50 bits per heavy atom. The van der Waals surface area contributed by atoms with E-state index in [-0.39, 0.29) is 12.1 Å². The molecule has 0 saturated carbocycles. The fraction of sp³-hybridized carbons (Fsp3) is 0.462. The summed E-state index contributed by atoms with van der Waals surface area (Å²) in [6, 6.07) is 4.74. The summed E-state index contributed by atoms with van der Waals surface area (Å²) in [4.78, 5) is 5.68. The number of nitrogens with one attached hydrogen (secondary N) is 1. The summed E-state index contributed by atoms with van der Waals surface area (Å²) in [5, 5.41) is 5.53. The first kappa shape index (κ1) is 13.1. The SMILES string of the molecule is COCC(C)n1ccnc1NC(C)c1cccs1. The molecule has 4 nitrogen and oxygen atoms in total. The molecular formula is C13H19N3OS. The van der Waals surface area contributed by atoms with Gasteiger partial charge in [-0.15, -0.1) is 11.3 Å². The van der Waals surface area contributed by atoms with Crippen LogP contribution in [0.1, 0.15) is 30.8 Å². The third-order valence-electron chi connectivity index (χ3n) is 2.87. The van der Waals surface area contributed by atoms with Gasteiger partial charge in [0.2, 0.25) is 5.95 Å². The lowest BCUT2D eigenvalue weighted by molar-refractivity contribution is 0.163. The molecule has 0 aliphatic carbocycles. The van der Waals surface area contributed by atoms with Gasteiger partial charge in [0.15, 0.2) is 0 Å². The van der Waals surface area contributed by atoms with Crippen molar-refractivity contribution in [1.29, 1.82) is 0 Å². The maximum atomic E-state index is 5.19. The largest absolute Gasteiger partial charge is 0.383 e. The second kappa shape index (κ2) is 6.02. The topological polar surface area (TPSA) is 39.1 Å². The molecule has 0 radical (unpaired) electrons. The van der Waals surface area contributed by atoms with E-state index in [1.165, 1.54) is 4.88 Å². The second-order valence-corrected chi connectivity index (χ2v) is 5.32. The van der Waals surface area contributed by atoms with Crippen LogP contribution in [0.2, 0.25) is 0 Å². The quantitative estimate of drug-likeness (QED) is 0.870. The molecule has 1 N–H and O–H groups in total. The predicted molar refractivity (Wildman–Crippen MR) is 75.2 cm³/mol. The van der Waals surface area contributed by atoms with Crippen molar-refractivity contribution in [3.63, 3.8) is 0 Å². The Kier molecular flexibility index (Phi) is 4.38. The van der Waals surface area contributed by atoms with E-state index >= 15 is 0 Å². The number of hydrogen-bond donors (Lipinski definition) is 1. The first-order valence-corrected chi connectivity index (χ1v) is 6.92. The first-order chi connectivity index (χ1) is 8.72. The van der Waals surface area contributed by atoms with E-state index < -0.39 is 0 Å². The Balaban J connectivity index is 2.08. The monoisotopic (exact) mass is 265 g/mol. The van der Waals surface area contributed by atoms with E-state index in [4.69, 9.17) is 4.74 Å². The maximum Gasteiger partial charge on any atom is 0.203 e. The van der Waals surface area contributed by atoms with Crippen LogP contribution in [0.25, 0.3) is 0 Å². The molecule has 2 unspecified atom stereocenters. The lowest BCUT2D eigenvalue weighted by Crippen LogP contribution is -2.16. The third-order valence-corrected chi connectivity index (χ3v) is 3.92. The van der Waals surface area contributed by atoms with E-state index in [1.807, 2.05) is 12.4 Å². The van der Waals surface area contributed by atoms with Crippen LogP contribution >= 0.6 is 11.3 Å². The van der Waals surface area contributed by atoms with Crippen LogP contribution in [0.5, 0.6) is 0 Å². The van der Waals surface area contributed by atoms with E-state index in [2.05, 4.69) is 46.2 Å². The highest BCUT2D eigenvalue weighted by atomic mass is 32.1. The molecule has 0 fully saturated rings. The Labute approximate surface area is 112 Å². The average molecular weight is 265 g/mol. The fourth-order valence-electron chi connectivity index (χ4n) is 1.90. The zero-order chi connectivity index (χ0) is 13.0. The number of rotatable bonds is 6. The summed E-state index contributed by atoms with van der Waals surface area (Å²) in [6.07, 6.45) is 3.79. The molecule has 0 amide bonds. The molecular weight excluding hydrogens is 246 g/mol. The molecule has 0 aliphatic rings.